The second kappa shape index (κ2) is 4.21. The van der Waals surface area contributed by atoms with Crippen molar-refractivity contribution in [1.82, 2.24) is 0 Å². The van der Waals surface area contributed by atoms with Crippen LogP contribution < -0.4 is 4.90 Å². The summed E-state index contributed by atoms with van der Waals surface area (Å²) in [7, 11) is 0. The molecule has 2 unspecified atom stereocenters. The molecule has 3 rings (SSSR count). The average Bonchev–Trinajstić information content (AvgIpc) is 2.78. The van der Waals surface area contributed by atoms with Crippen molar-refractivity contribution in [2.24, 2.45) is 4.99 Å². The Kier molecular flexibility index (Phi) is 2.56. The second-order valence-corrected chi connectivity index (χ2v) is 4.36. The third-order valence-corrected chi connectivity index (χ3v) is 3.30. The Bertz CT molecular complexity index is 485. The van der Waals surface area contributed by atoms with E-state index in [4.69, 9.17) is 4.99 Å². The number of nitrogens with zero attached hydrogens (tertiary/aromatic N) is 2. The second-order valence-electron chi connectivity index (χ2n) is 4.36. The van der Waals surface area contributed by atoms with Gasteiger partial charge in [0.15, 0.2) is 0 Å². The van der Waals surface area contributed by atoms with Gasteiger partial charge in [-0.15, -0.1) is 0 Å². The van der Waals surface area contributed by atoms with Gasteiger partial charge in [0.2, 0.25) is 0 Å². The monoisotopic (exact) mass is 224 g/mol. The molecular weight excluding hydrogens is 208 g/mol. The van der Waals surface area contributed by atoms with Crippen LogP contribution in [0.25, 0.3) is 0 Å². The first-order chi connectivity index (χ1) is 8.40. The first-order valence-electron chi connectivity index (χ1n) is 6.16. The van der Waals surface area contributed by atoms with Crippen LogP contribution in [-0.4, -0.2) is 17.9 Å². The molecule has 1 aromatic rings. The minimum Gasteiger partial charge on any atom is -0.321 e. The zero-order chi connectivity index (χ0) is 11.7. The molecule has 1 aromatic carbocycles. The molecule has 2 heteroatoms. The summed E-state index contributed by atoms with van der Waals surface area (Å²) >= 11 is 0. The number of benzene rings is 1. The predicted molar refractivity (Wildman–Crippen MR) is 72.5 cm³/mol. The number of hydrogen-bond acceptors (Lipinski definition) is 2. The van der Waals surface area contributed by atoms with Gasteiger partial charge in [-0.2, -0.15) is 0 Å². The van der Waals surface area contributed by atoms with Gasteiger partial charge in [-0.3, -0.25) is 4.99 Å². The number of allylic oxidation sites excluding steroid dienone is 2. The van der Waals surface area contributed by atoms with Gasteiger partial charge in [0, 0.05) is 12.1 Å². The van der Waals surface area contributed by atoms with E-state index in [0.29, 0.717) is 6.04 Å². The van der Waals surface area contributed by atoms with Crippen molar-refractivity contribution in [3.8, 4) is 0 Å². The van der Waals surface area contributed by atoms with Crippen LogP contribution in [0.1, 0.15) is 13.3 Å². The van der Waals surface area contributed by atoms with Crippen LogP contribution in [0, 0.1) is 0 Å². The number of amidine groups is 1. The number of hydrogen-bond donors (Lipinski definition) is 0. The molecule has 0 amide bonds. The molecule has 0 saturated carbocycles. The Balaban J connectivity index is 2.00. The molecule has 1 aliphatic heterocycles. The summed E-state index contributed by atoms with van der Waals surface area (Å²) in [5.74, 6) is 1.18. The summed E-state index contributed by atoms with van der Waals surface area (Å²) in [5.41, 5.74) is 1.24. The van der Waals surface area contributed by atoms with Crippen LogP contribution in [0.4, 0.5) is 5.69 Å². The predicted octanol–water partition coefficient (Wildman–Crippen LogP) is 3.18. The van der Waals surface area contributed by atoms with Crippen LogP contribution in [0.5, 0.6) is 0 Å². The maximum Gasteiger partial charge on any atom is 0.104 e. The van der Waals surface area contributed by atoms with Crippen molar-refractivity contribution in [3.63, 3.8) is 0 Å². The molecule has 17 heavy (non-hydrogen) atoms. The highest BCUT2D eigenvalue weighted by atomic mass is 15.3. The third kappa shape index (κ3) is 1.70. The smallest absolute Gasteiger partial charge is 0.104 e. The number of fused-ring (bicyclic) bond motifs is 1. The Morgan fingerprint density at radius 3 is 2.65 bits per heavy atom. The van der Waals surface area contributed by atoms with E-state index in [2.05, 4.69) is 66.5 Å². The van der Waals surface area contributed by atoms with E-state index in [9.17, 15) is 0 Å². The van der Waals surface area contributed by atoms with E-state index in [1.165, 1.54) is 11.5 Å². The molecule has 2 atom stereocenters. The highest BCUT2D eigenvalue weighted by Gasteiger charge is 2.33. The lowest BCUT2D eigenvalue weighted by Gasteiger charge is -2.28. The lowest BCUT2D eigenvalue weighted by molar-refractivity contribution is 0.739. The normalized spacial score (nSPS) is 25.9. The van der Waals surface area contributed by atoms with Gasteiger partial charge in [-0.1, -0.05) is 49.4 Å². The highest BCUT2D eigenvalue weighted by Crippen LogP contribution is 2.29. The Morgan fingerprint density at radius 1 is 1.12 bits per heavy atom. The van der Waals surface area contributed by atoms with Gasteiger partial charge >= 0.3 is 0 Å². The summed E-state index contributed by atoms with van der Waals surface area (Å²) in [6.07, 6.45) is 9.61. The maximum absolute atomic E-state index is 4.79. The molecule has 2 nitrogen and oxygen atoms in total. The van der Waals surface area contributed by atoms with Crippen molar-refractivity contribution in [2.75, 3.05) is 4.90 Å². The fraction of sp³-hybridized carbons (Fsp3) is 0.267. The molecular formula is C15H16N2. The van der Waals surface area contributed by atoms with Gasteiger partial charge in [0.1, 0.15) is 5.84 Å². The van der Waals surface area contributed by atoms with E-state index >= 15 is 0 Å². The Hall–Kier alpha value is -1.83. The van der Waals surface area contributed by atoms with Crippen LogP contribution in [0.3, 0.4) is 0 Å². The van der Waals surface area contributed by atoms with Gasteiger partial charge in [-0.05, 0) is 12.1 Å². The lowest BCUT2D eigenvalue weighted by Crippen LogP contribution is -2.38. The molecule has 0 spiro atoms. The Labute approximate surface area is 102 Å². The summed E-state index contributed by atoms with van der Waals surface area (Å²) in [6.45, 7) is 2.17. The molecule has 0 fully saturated rings. The Morgan fingerprint density at radius 2 is 1.88 bits per heavy atom. The SMILES string of the molecule is CCC1=NC2C=CC=CC2N1c1ccccc1. The van der Waals surface area contributed by atoms with Crippen LogP contribution in [0.2, 0.25) is 0 Å². The van der Waals surface area contributed by atoms with Crippen LogP contribution >= 0.6 is 0 Å². The fourth-order valence-corrected chi connectivity index (χ4v) is 2.52. The number of anilines is 1. The third-order valence-electron chi connectivity index (χ3n) is 3.30. The molecule has 2 aliphatic rings. The zero-order valence-corrected chi connectivity index (χ0v) is 9.95. The molecule has 0 bridgehead atoms. The molecule has 0 N–H and O–H groups in total. The van der Waals surface area contributed by atoms with Crippen LogP contribution in [0.15, 0.2) is 59.6 Å². The van der Waals surface area contributed by atoms with Gasteiger partial charge in [-0.25, -0.2) is 0 Å². The van der Waals surface area contributed by atoms with Crippen molar-refractivity contribution in [1.29, 1.82) is 0 Å². The lowest BCUT2D eigenvalue weighted by atomic mass is 10.0. The van der Waals surface area contributed by atoms with Crippen LogP contribution in [-0.2, 0) is 0 Å². The molecule has 0 radical (unpaired) electrons. The number of rotatable bonds is 2. The highest BCUT2D eigenvalue weighted by molar-refractivity contribution is 6.01. The number of para-hydroxylation sites is 1. The van der Waals surface area contributed by atoms with E-state index in [0.717, 1.165) is 6.42 Å². The quantitative estimate of drug-likeness (QED) is 0.753. The molecule has 1 heterocycles. The minimum absolute atomic E-state index is 0.287. The summed E-state index contributed by atoms with van der Waals surface area (Å²) < 4.78 is 0. The van der Waals surface area contributed by atoms with E-state index in [-0.39, 0.29) is 6.04 Å². The first kappa shape index (κ1) is 10.3. The zero-order valence-electron chi connectivity index (χ0n) is 9.95. The average molecular weight is 224 g/mol. The summed E-state index contributed by atoms with van der Waals surface area (Å²) in [4.78, 5) is 7.14. The van der Waals surface area contributed by atoms with Crippen molar-refractivity contribution in [2.45, 2.75) is 25.4 Å². The maximum atomic E-state index is 4.79. The first-order valence-corrected chi connectivity index (χ1v) is 6.16. The minimum atomic E-state index is 0.287. The van der Waals surface area contributed by atoms with Gasteiger partial charge in [0.05, 0.1) is 12.1 Å². The number of aliphatic imine (C=N–C) groups is 1. The molecule has 0 aromatic heterocycles. The molecule has 0 saturated heterocycles. The fourth-order valence-electron chi connectivity index (χ4n) is 2.52. The molecule has 86 valence electrons. The van der Waals surface area contributed by atoms with Crippen molar-refractivity contribution >= 4 is 11.5 Å². The van der Waals surface area contributed by atoms with E-state index in [1.807, 2.05) is 0 Å². The summed E-state index contributed by atoms with van der Waals surface area (Å²) in [6, 6.07) is 11.2. The summed E-state index contributed by atoms with van der Waals surface area (Å²) in [5, 5.41) is 0. The van der Waals surface area contributed by atoms with Crippen molar-refractivity contribution in [3.05, 3.63) is 54.6 Å². The van der Waals surface area contributed by atoms with E-state index in [1.54, 1.807) is 0 Å². The van der Waals surface area contributed by atoms with Crippen molar-refractivity contribution < 1.29 is 0 Å². The van der Waals surface area contributed by atoms with Gasteiger partial charge < -0.3 is 4.90 Å². The largest absolute Gasteiger partial charge is 0.321 e. The standard InChI is InChI=1S/C15H16N2/c1-2-15-16-13-10-6-7-11-14(13)17(15)12-8-4-3-5-9-12/h3-11,13-14H,2H2,1H3. The van der Waals surface area contributed by atoms with E-state index < -0.39 is 0 Å². The van der Waals surface area contributed by atoms with Gasteiger partial charge in [0.25, 0.3) is 0 Å². The topological polar surface area (TPSA) is 15.6 Å². The molecule has 1 aliphatic carbocycles.